The molecule has 5 atom stereocenters. The summed E-state index contributed by atoms with van der Waals surface area (Å²) in [7, 11) is 3.11. The van der Waals surface area contributed by atoms with E-state index in [-0.39, 0.29) is 6.61 Å². The van der Waals surface area contributed by atoms with Crippen molar-refractivity contribution in [1.29, 1.82) is 0 Å². The smallest absolute Gasteiger partial charge is 0.315 e. The van der Waals surface area contributed by atoms with Gasteiger partial charge in [0.15, 0.2) is 17.8 Å². The van der Waals surface area contributed by atoms with Crippen LogP contribution in [0.5, 0.6) is 11.5 Å². The van der Waals surface area contributed by atoms with Gasteiger partial charge in [0.2, 0.25) is 0 Å². The molecule has 10 nitrogen and oxygen atoms in total. The van der Waals surface area contributed by atoms with E-state index in [4.69, 9.17) is 18.9 Å². The largest absolute Gasteiger partial charge is 0.493 e. The van der Waals surface area contributed by atoms with Gasteiger partial charge >= 0.3 is 6.03 Å². The zero-order valence-corrected chi connectivity index (χ0v) is 16.2. The molecule has 2 saturated heterocycles. The van der Waals surface area contributed by atoms with Crippen LogP contribution in [0.2, 0.25) is 0 Å². The van der Waals surface area contributed by atoms with Crippen molar-refractivity contribution in [3.05, 3.63) is 31.1 Å². The molecule has 1 aromatic heterocycles. The Labute approximate surface area is 167 Å². The van der Waals surface area contributed by atoms with E-state index in [2.05, 4.69) is 22.2 Å². The third-order valence-electron chi connectivity index (χ3n) is 5.24. The van der Waals surface area contributed by atoms with Crippen molar-refractivity contribution in [3.8, 4) is 11.5 Å². The van der Waals surface area contributed by atoms with Crippen LogP contribution in [0.25, 0.3) is 11.0 Å². The van der Waals surface area contributed by atoms with Crippen LogP contribution in [0.1, 0.15) is 6.04 Å². The highest BCUT2D eigenvalue weighted by atomic mass is 16.7. The number of methoxy groups -OCH3 is 2. The van der Waals surface area contributed by atoms with Crippen molar-refractivity contribution < 1.29 is 28.8 Å². The van der Waals surface area contributed by atoms with Crippen LogP contribution in [0, 0.1) is 0 Å². The molecule has 0 spiro atoms. The number of amides is 2. The van der Waals surface area contributed by atoms with Crippen molar-refractivity contribution in [2.45, 2.75) is 30.6 Å². The van der Waals surface area contributed by atoms with Gasteiger partial charge in [-0.2, -0.15) is 0 Å². The second kappa shape index (κ2) is 7.90. The van der Waals surface area contributed by atoms with E-state index in [0.717, 1.165) is 5.52 Å². The Hall–Kier alpha value is -2.82. The number of nitrogens with one attached hydrogen (secondary N) is 2. The lowest BCUT2D eigenvalue weighted by Gasteiger charge is -2.39. The number of benzene rings is 1. The lowest BCUT2D eigenvalue weighted by molar-refractivity contribution is -0.162. The Morgan fingerprint density at radius 2 is 2.17 bits per heavy atom. The zero-order valence-electron chi connectivity index (χ0n) is 16.2. The number of urea groups is 1. The van der Waals surface area contributed by atoms with Crippen molar-refractivity contribution in [2.24, 2.45) is 0 Å². The second-order valence-electron chi connectivity index (χ2n) is 6.87. The number of rotatable bonds is 6. The summed E-state index contributed by atoms with van der Waals surface area (Å²) in [5.41, 5.74) is 1.39. The molecule has 2 fully saturated rings. The minimum Gasteiger partial charge on any atom is -0.493 e. The SMILES string of the molecule is C=CCNC(=O)NC1C2COC(O2)C(n2cnc3cc(OC)c(OC)cc32)C1O. The van der Waals surface area contributed by atoms with Gasteiger partial charge in [-0.15, -0.1) is 6.58 Å². The number of fused-ring (bicyclic) bond motifs is 3. The van der Waals surface area contributed by atoms with Gasteiger partial charge in [-0.3, -0.25) is 0 Å². The number of aliphatic hydroxyl groups is 1. The summed E-state index contributed by atoms with van der Waals surface area (Å²) in [5.74, 6) is 1.10. The van der Waals surface area contributed by atoms with E-state index in [9.17, 15) is 9.90 Å². The number of carbonyl (C=O) groups excluding carboxylic acids is 1. The third-order valence-corrected chi connectivity index (χ3v) is 5.24. The number of carbonyl (C=O) groups is 1. The van der Waals surface area contributed by atoms with E-state index in [0.29, 0.717) is 23.6 Å². The summed E-state index contributed by atoms with van der Waals surface area (Å²) >= 11 is 0. The Balaban J connectivity index is 1.67. The Morgan fingerprint density at radius 3 is 2.90 bits per heavy atom. The fraction of sp³-hybridized carbons (Fsp3) is 0.474. The van der Waals surface area contributed by atoms with Gasteiger partial charge in [0.1, 0.15) is 18.2 Å². The Bertz CT molecular complexity index is 915. The lowest BCUT2D eigenvalue weighted by Crippen LogP contribution is -2.60. The van der Waals surface area contributed by atoms with Crippen LogP contribution in [-0.4, -0.2) is 72.6 Å². The lowest BCUT2D eigenvalue weighted by atomic mass is 9.96. The van der Waals surface area contributed by atoms with E-state index in [1.54, 1.807) is 43.3 Å². The highest BCUT2D eigenvalue weighted by Gasteiger charge is 2.51. The molecule has 3 heterocycles. The van der Waals surface area contributed by atoms with E-state index < -0.39 is 36.6 Å². The maximum atomic E-state index is 12.1. The molecular weight excluding hydrogens is 380 g/mol. The van der Waals surface area contributed by atoms with Crippen molar-refractivity contribution >= 4 is 17.1 Å². The molecule has 5 unspecified atom stereocenters. The summed E-state index contributed by atoms with van der Waals surface area (Å²) in [5, 5.41) is 16.5. The third kappa shape index (κ3) is 3.39. The quantitative estimate of drug-likeness (QED) is 0.603. The molecule has 1 aromatic carbocycles. The van der Waals surface area contributed by atoms with Crippen LogP contribution in [0.4, 0.5) is 4.79 Å². The summed E-state index contributed by atoms with van der Waals surface area (Å²) in [6.45, 7) is 4.16. The molecule has 2 bridgehead atoms. The number of aromatic nitrogens is 2. The van der Waals surface area contributed by atoms with Gasteiger partial charge in [0.05, 0.1) is 44.2 Å². The number of hydrogen-bond donors (Lipinski definition) is 3. The molecule has 0 aliphatic carbocycles. The predicted molar refractivity (Wildman–Crippen MR) is 103 cm³/mol. The summed E-state index contributed by atoms with van der Waals surface area (Å²) < 4.78 is 24.2. The Morgan fingerprint density at radius 1 is 1.41 bits per heavy atom. The molecule has 2 aliphatic rings. The van der Waals surface area contributed by atoms with E-state index in [1.807, 2.05) is 0 Å². The maximum absolute atomic E-state index is 12.1. The molecule has 156 valence electrons. The van der Waals surface area contributed by atoms with Gasteiger partial charge < -0.3 is 39.3 Å². The van der Waals surface area contributed by atoms with Crippen LogP contribution in [0.15, 0.2) is 31.1 Å². The monoisotopic (exact) mass is 404 g/mol. The minimum atomic E-state index is -0.957. The number of nitrogens with zero attached hydrogens (tertiary/aromatic N) is 2. The van der Waals surface area contributed by atoms with Gasteiger partial charge in [0.25, 0.3) is 0 Å². The molecule has 2 aromatic rings. The fourth-order valence-electron chi connectivity index (χ4n) is 3.83. The van der Waals surface area contributed by atoms with E-state index in [1.165, 1.54) is 0 Å². The van der Waals surface area contributed by atoms with Crippen LogP contribution in [0.3, 0.4) is 0 Å². The molecule has 2 amide bonds. The van der Waals surface area contributed by atoms with Gasteiger partial charge in [-0.25, -0.2) is 9.78 Å². The molecule has 3 N–H and O–H groups in total. The minimum absolute atomic E-state index is 0.272. The van der Waals surface area contributed by atoms with Gasteiger partial charge in [-0.1, -0.05) is 6.08 Å². The van der Waals surface area contributed by atoms with Crippen molar-refractivity contribution in [1.82, 2.24) is 20.2 Å². The van der Waals surface area contributed by atoms with Gasteiger partial charge in [0, 0.05) is 18.7 Å². The summed E-state index contributed by atoms with van der Waals surface area (Å²) in [6, 6.07) is 1.87. The molecule has 0 radical (unpaired) electrons. The average molecular weight is 404 g/mol. The van der Waals surface area contributed by atoms with E-state index >= 15 is 0 Å². The average Bonchev–Trinajstić information content (AvgIpc) is 3.34. The van der Waals surface area contributed by atoms with Crippen molar-refractivity contribution in [3.63, 3.8) is 0 Å². The summed E-state index contributed by atoms with van der Waals surface area (Å²) in [4.78, 5) is 16.5. The zero-order chi connectivity index (χ0) is 20.5. The number of aliphatic hydroxyl groups excluding tert-OH is 1. The first-order valence-corrected chi connectivity index (χ1v) is 9.26. The number of imidazole rings is 1. The predicted octanol–water partition coefficient (Wildman–Crippen LogP) is 0.564. The normalized spacial score (nSPS) is 28.2. The molecule has 0 saturated carbocycles. The van der Waals surface area contributed by atoms with Crippen LogP contribution in [-0.2, 0) is 9.47 Å². The molecule has 4 rings (SSSR count). The first-order chi connectivity index (χ1) is 14.1. The first kappa shape index (κ1) is 19.5. The Kier molecular flexibility index (Phi) is 5.31. The van der Waals surface area contributed by atoms with Crippen LogP contribution >= 0.6 is 0 Å². The number of ether oxygens (including phenoxy) is 4. The maximum Gasteiger partial charge on any atom is 0.315 e. The van der Waals surface area contributed by atoms with Gasteiger partial charge in [-0.05, 0) is 0 Å². The van der Waals surface area contributed by atoms with Crippen molar-refractivity contribution in [2.75, 3.05) is 27.4 Å². The first-order valence-electron chi connectivity index (χ1n) is 9.26. The second-order valence-corrected chi connectivity index (χ2v) is 6.87. The molecule has 2 aliphatic heterocycles. The fourth-order valence-corrected chi connectivity index (χ4v) is 3.83. The highest BCUT2D eigenvalue weighted by Crippen LogP contribution is 2.39. The topological polar surface area (TPSA) is 116 Å². The summed E-state index contributed by atoms with van der Waals surface area (Å²) in [6.07, 6.45) is 1.13. The van der Waals surface area contributed by atoms with Crippen LogP contribution < -0.4 is 20.1 Å². The highest BCUT2D eigenvalue weighted by molar-refractivity contribution is 5.80. The molecular formula is C19H24N4O6. The number of hydrogen-bond acceptors (Lipinski definition) is 7. The standard InChI is InChI=1S/C19H24N4O6/c1-4-5-20-19(25)22-15-14-8-28-18(29-14)16(17(15)24)23-9-21-10-6-12(26-2)13(27-3)7-11(10)23/h4,6-7,9,14-18,24H,1,5,8H2,2-3H3,(H2,20,22,25). The molecule has 29 heavy (non-hydrogen) atoms. The molecule has 10 heteroatoms.